The van der Waals surface area contributed by atoms with Gasteiger partial charge in [0.25, 0.3) is 0 Å². The fourth-order valence-electron chi connectivity index (χ4n) is 1.57. The molecule has 0 saturated carbocycles. The molecule has 2 rings (SSSR count). The van der Waals surface area contributed by atoms with E-state index in [-0.39, 0.29) is 18.2 Å². The Labute approximate surface area is 80.7 Å². The van der Waals surface area contributed by atoms with E-state index in [0.717, 1.165) is 0 Å². The topological polar surface area (TPSA) is 73.1 Å². The smallest absolute Gasteiger partial charge is 0.339 e. The summed E-state index contributed by atoms with van der Waals surface area (Å²) in [7, 11) is 0. The quantitative estimate of drug-likeness (QED) is 0.627. The normalized spacial score (nSPS) is 24.4. The lowest BCUT2D eigenvalue weighted by Gasteiger charge is -2.24. The van der Waals surface area contributed by atoms with Crippen LogP contribution in [0.25, 0.3) is 0 Å². The number of amidine groups is 1. The molecule has 0 amide bonds. The van der Waals surface area contributed by atoms with Gasteiger partial charge in [-0.15, -0.1) is 0 Å². The molecule has 2 aliphatic rings. The summed E-state index contributed by atoms with van der Waals surface area (Å²) in [5.74, 6) is -0.546. The third-order valence-corrected chi connectivity index (χ3v) is 2.28. The first-order valence-electron chi connectivity index (χ1n) is 4.30. The number of hydrogen-bond acceptors (Lipinski definition) is 4. The van der Waals surface area contributed by atoms with E-state index in [9.17, 15) is 4.79 Å². The van der Waals surface area contributed by atoms with Crippen molar-refractivity contribution in [3.8, 4) is 0 Å². The zero-order valence-electron chi connectivity index (χ0n) is 7.42. The first-order valence-corrected chi connectivity index (χ1v) is 4.30. The van der Waals surface area contributed by atoms with Gasteiger partial charge in [0, 0.05) is 6.20 Å². The molecule has 2 aliphatic heterocycles. The minimum Gasteiger partial charge on any atom is -0.478 e. The van der Waals surface area contributed by atoms with E-state index < -0.39 is 5.97 Å². The average molecular weight is 194 g/mol. The molecule has 0 bridgehead atoms. The minimum absolute atomic E-state index is 0.0236. The van der Waals surface area contributed by atoms with Crippen LogP contribution in [0.3, 0.4) is 0 Å². The Morgan fingerprint density at radius 1 is 1.71 bits per heavy atom. The number of nitrogens with zero attached hydrogens (tertiary/aromatic N) is 2. The number of carboxylic acids is 1. The number of aliphatic hydroxyl groups is 1. The van der Waals surface area contributed by atoms with Crippen LogP contribution in [0.15, 0.2) is 28.9 Å². The van der Waals surface area contributed by atoms with Crippen LogP contribution in [0, 0.1) is 0 Å². The molecule has 0 radical (unpaired) electrons. The SMILES string of the molecule is O=C(O)C1=CC=CN2C1=NCC2CO. The maximum Gasteiger partial charge on any atom is 0.339 e. The van der Waals surface area contributed by atoms with Gasteiger partial charge in [-0.05, 0) is 12.2 Å². The van der Waals surface area contributed by atoms with Crippen LogP contribution in [-0.2, 0) is 4.79 Å². The summed E-state index contributed by atoms with van der Waals surface area (Å²) >= 11 is 0. The Hall–Kier alpha value is -1.62. The van der Waals surface area contributed by atoms with Crippen molar-refractivity contribution in [2.45, 2.75) is 6.04 Å². The fourth-order valence-corrected chi connectivity index (χ4v) is 1.57. The lowest BCUT2D eigenvalue weighted by molar-refractivity contribution is -0.132. The molecule has 5 heteroatoms. The van der Waals surface area contributed by atoms with Crippen LogP contribution >= 0.6 is 0 Å². The van der Waals surface area contributed by atoms with Crippen molar-refractivity contribution < 1.29 is 15.0 Å². The Morgan fingerprint density at radius 3 is 3.14 bits per heavy atom. The zero-order chi connectivity index (χ0) is 10.1. The number of carboxylic acid groups (broad SMARTS) is 1. The number of fused-ring (bicyclic) bond motifs is 1. The summed E-state index contributed by atoms with van der Waals surface area (Å²) in [4.78, 5) is 16.6. The van der Waals surface area contributed by atoms with E-state index in [1.54, 1.807) is 17.2 Å². The van der Waals surface area contributed by atoms with Crippen LogP contribution in [0.1, 0.15) is 0 Å². The number of aliphatic imine (C=N–C) groups is 1. The van der Waals surface area contributed by atoms with Gasteiger partial charge in [0.1, 0.15) is 11.4 Å². The molecule has 0 fully saturated rings. The van der Waals surface area contributed by atoms with Gasteiger partial charge in [-0.3, -0.25) is 4.99 Å². The van der Waals surface area contributed by atoms with E-state index in [1.165, 1.54) is 6.08 Å². The maximum absolute atomic E-state index is 10.8. The average Bonchev–Trinajstić information content (AvgIpc) is 2.59. The predicted octanol–water partition coefficient (Wildman–Crippen LogP) is -0.400. The Morgan fingerprint density at radius 2 is 2.50 bits per heavy atom. The molecule has 0 saturated heterocycles. The van der Waals surface area contributed by atoms with Gasteiger partial charge in [-0.1, -0.05) is 0 Å². The first kappa shape index (κ1) is 8.96. The van der Waals surface area contributed by atoms with E-state index in [2.05, 4.69) is 4.99 Å². The number of aliphatic hydroxyl groups excluding tert-OH is 1. The summed E-state index contributed by atoms with van der Waals surface area (Å²) in [5.41, 5.74) is 0.184. The van der Waals surface area contributed by atoms with Crippen LogP contribution in [0.5, 0.6) is 0 Å². The van der Waals surface area contributed by atoms with Gasteiger partial charge >= 0.3 is 5.97 Å². The van der Waals surface area contributed by atoms with Crippen molar-refractivity contribution in [1.82, 2.24) is 4.90 Å². The van der Waals surface area contributed by atoms with Crippen LogP contribution in [0.2, 0.25) is 0 Å². The summed E-state index contributed by atoms with van der Waals surface area (Å²) in [6.07, 6.45) is 4.90. The highest BCUT2D eigenvalue weighted by molar-refractivity contribution is 6.19. The van der Waals surface area contributed by atoms with Crippen LogP contribution < -0.4 is 0 Å². The molecule has 2 N–H and O–H groups in total. The van der Waals surface area contributed by atoms with E-state index in [1.807, 2.05) is 0 Å². The number of aliphatic carboxylic acids is 1. The molecule has 2 heterocycles. The Balaban J connectivity index is 2.30. The van der Waals surface area contributed by atoms with E-state index in [0.29, 0.717) is 12.4 Å². The number of rotatable bonds is 2. The molecule has 74 valence electrons. The molecule has 0 aromatic rings. The summed E-state index contributed by atoms with van der Waals surface area (Å²) in [6.45, 7) is 0.422. The highest BCUT2D eigenvalue weighted by atomic mass is 16.4. The van der Waals surface area contributed by atoms with Gasteiger partial charge in [0.2, 0.25) is 0 Å². The molecular weight excluding hydrogens is 184 g/mol. The monoisotopic (exact) mass is 194 g/mol. The number of allylic oxidation sites excluding steroid dienone is 2. The second-order valence-corrected chi connectivity index (χ2v) is 3.13. The molecule has 0 aromatic carbocycles. The summed E-state index contributed by atoms with van der Waals surface area (Å²) < 4.78 is 0. The lowest BCUT2D eigenvalue weighted by Crippen LogP contribution is -2.37. The van der Waals surface area contributed by atoms with Gasteiger partial charge in [0.15, 0.2) is 0 Å². The van der Waals surface area contributed by atoms with Crippen molar-refractivity contribution in [2.24, 2.45) is 4.99 Å². The lowest BCUT2D eigenvalue weighted by atomic mass is 10.1. The number of hydrogen-bond donors (Lipinski definition) is 2. The molecule has 0 aliphatic carbocycles. The third kappa shape index (κ3) is 1.22. The Bertz CT molecular complexity index is 357. The van der Waals surface area contributed by atoms with Crippen molar-refractivity contribution in [3.05, 3.63) is 23.9 Å². The maximum atomic E-state index is 10.8. The molecular formula is C9H10N2O3. The van der Waals surface area contributed by atoms with Crippen molar-refractivity contribution in [1.29, 1.82) is 0 Å². The van der Waals surface area contributed by atoms with Crippen LogP contribution in [0.4, 0.5) is 0 Å². The molecule has 0 spiro atoms. The zero-order valence-corrected chi connectivity index (χ0v) is 7.42. The van der Waals surface area contributed by atoms with Crippen molar-refractivity contribution in [3.63, 3.8) is 0 Å². The second kappa shape index (κ2) is 3.26. The predicted molar refractivity (Wildman–Crippen MR) is 49.9 cm³/mol. The van der Waals surface area contributed by atoms with Gasteiger partial charge < -0.3 is 15.1 Å². The number of carbonyl (C=O) groups is 1. The van der Waals surface area contributed by atoms with E-state index in [4.69, 9.17) is 10.2 Å². The third-order valence-electron chi connectivity index (χ3n) is 2.28. The Kier molecular flexibility index (Phi) is 2.09. The van der Waals surface area contributed by atoms with E-state index >= 15 is 0 Å². The molecule has 1 unspecified atom stereocenters. The highest BCUT2D eigenvalue weighted by Crippen LogP contribution is 2.20. The molecule has 0 aromatic heterocycles. The van der Waals surface area contributed by atoms with Crippen LogP contribution in [-0.4, -0.2) is 46.1 Å². The summed E-state index contributed by atoms with van der Waals surface area (Å²) in [6, 6.07) is -0.121. The van der Waals surface area contributed by atoms with Crippen molar-refractivity contribution in [2.75, 3.05) is 13.2 Å². The highest BCUT2D eigenvalue weighted by Gasteiger charge is 2.31. The van der Waals surface area contributed by atoms with Gasteiger partial charge in [-0.2, -0.15) is 0 Å². The second-order valence-electron chi connectivity index (χ2n) is 3.13. The molecule has 5 nitrogen and oxygen atoms in total. The van der Waals surface area contributed by atoms with Gasteiger partial charge in [-0.25, -0.2) is 4.79 Å². The largest absolute Gasteiger partial charge is 0.478 e. The molecule has 1 atom stereocenters. The van der Waals surface area contributed by atoms with Crippen molar-refractivity contribution >= 4 is 11.8 Å². The summed E-state index contributed by atoms with van der Waals surface area (Å²) in [5, 5.41) is 17.9. The first-order chi connectivity index (χ1) is 6.74. The fraction of sp³-hybridized carbons (Fsp3) is 0.333. The standard InChI is InChI=1S/C9H10N2O3/c12-5-6-4-10-8-7(9(13)14)2-1-3-11(6)8/h1-3,6,12H,4-5H2,(H,13,14). The van der Waals surface area contributed by atoms with Gasteiger partial charge in [0.05, 0.1) is 19.2 Å². The molecule has 14 heavy (non-hydrogen) atoms. The minimum atomic E-state index is -0.989.